The largest absolute Gasteiger partial charge is 0.497 e. The number of ether oxygens (including phenoxy) is 1. The molecular weight excluding hydrogens is 370 g/mol. The fourth-order valence-electron chi connectivity index (χ4n) is 3.54. The van der Waals surface area contributed by atoms with Crippen LogP contribution in [-0.4, -0.2) is 59.1 Å². The minimum Gasteiger partial charge on any atom is -0.497 e. The molecule has 8 nitrogen and oxygen atoms in total. The monoisotopic (exact) mass is 393 g/mol. The maximum absolute atomic E-state index is 12.6. The number of aryl methyl sites for hydroxylation is 1. The Morgan fingerprint density at radius 1 is 1.03 bits per heavy atom. The molecule has 1 amide bonds. The van der Waals surface area contributed by atoms with Crippen LogP contribution in [0.15, 0.2) is 53.3 Å². The highest BCUT2D eigenvalue weighted by atomic mass is 16.5. The quantitative estimate of drug-likeness (QED) is 0.654. The predicted octanol–water partition coefficient (Wildman–Crippen LogP) is 1.54. The van der Waals surface area contributed by atoms with E-state index in [9.17, 15) is 9.59 Å². The third-order valence-corrected chi connectivity index (χ3v) is 5.24. The first-order chi connectivity index (χ1) is 14.2. The van der Waals surface area contributed by atoms with E-state index in [0.29, 0.717) is 24.0 Å². The highest BCUT2D eigenvalue weighted by molar-refractivity contribution is 5.77. The average molecular weight is 393 g/mol. The molecule has 0 spiro atoms. The van der Waals surface area contributed by atoms with Crippen molar-refractivity contribution < 1.29 is 9.53 Å². The molecule has 0 atom stereocenters. The first kappa shape index (κ1) is 18.9. The van der Waals surface area contributed by atoms with Crippen LogP contribution in [0, 0.1) is 0 Å². The maximum Gasteiger partial charge on any atom is 0.277 e. The number of fused-ring (bicyclic) bond motifs is 1. The second-order valence-electron chi connectivity index (χ2n) is 6.95. The van der Waals surface area contributed by atoms with Crippen molar-refractivity contribution in [2.75, 3.05) is 38.2 Å². The van der Waals surface area contributed by atoms with Gasteiger partial charge in [0.15, 0.2) is 0 Å². The van der Waals surface area contributed by atoms with Crippen LogP contribution < -0.4 is 15.2 Å². The zero-order chi connectivity index (χ0) is 20.2. The van der Waals surface area contributed by atoms with Gasteiger partial charge in [-0.1, -0.05) is 17.3 Å². The molecule has 1 saturated heterocycles. The molecule has 1 aliphatic rings. The Hall–Kier alpha value is -3.42. The van der Waals surface area contributed by atoms with E-state index in [-0.39, 0.29) is 24.4 Å². The Morgan fingerprint density at radius 2 is 1.76 bits per heavy atom. The summed E-state index contributed by atoms with van der Waals surface area (Å²) in [7, 11) is 1.65. The van der Waals surface area contributed by atoms with Crippen LogP contribution in [0.2, 0.25) is 0 Å². The number of hydrogen-bond acceptors (Lipinski definition) is 6. The van der Waals surface area contributed by atoms with Gasteiger partial charge in [0.1, 0.15) is 11.3 Å². The third kappa shape index (κ3) is 4.06. The summed E-state index contributed by atoms with van der Waals surface area (Å²) < 4.78 is 6.47. The Labute approximate surface area is 168 Å². The molecule has 0 bridgehead atoms. The Morgan fingerprint density at radius 3 is 2.48 bits per heavy atom. The summed E-state index contributed by atoms with van der Waals surface area (Å²) in [6.07, 6.45) is 0.232. The van der Waals surface area contributed by atoms with Gasteiger partial charge in [-0.2, -0.15) is 0 Å². The number of amides is 1. The lowest BCUT2D eigenvalue weighted by molar-refractivity contribution is -0.131. The molecule has 0 saturated carbocycles. The van der Waals surface area contributed by atoms with Crippen molar-refractivity contribution in [1.29, 1.82) is 0 Å². The number of anilines is 1. The number of methoxy groups -OCH3 is 1. The highest BCUT2D eigenvalue weighted by Gasteiger charge is 2.21. The van der Waals surface area contributed by atoms with E-state index in [4.69, 9.17) is 4.74 Å². The topological polar surface area (TPSA) is 80.6 Å². The molecule has 150 valence electrons. The molecule has 2 heterocycles. The summed E-state index contributed by atoms with van der Waals surface area (Å²) in [5, 5.41) is 8.53. The number of rotatable bonds is 5. The molecule has 3 aromatic rings. The summed E-state index contributed by atoms with van der Waals surface area (Å²) in [5.41, 5.74) is 1.47. The molecule has 4 rings (SSSR count). The molecule has 0 radical (unpaired) electrons. The average Bonchev–Trinajstić information content (AvgIpc) is 2.79. The number of carbonyl (C=O) groups is 1. The van der Waals surface area contributed by atoms with E-state index < -0.39 is 0 Å². The van der Waals surface area contributed by atoms with E-state index in [1.807, 2.05) is 35.2 Å². The van der Waals surface area contributed by atoms with Crippen molar-refractivity contribution >= 4 is 22.5 Å². The number of benzene rings is 2. The van der Waals surface area contributed by atoms with Crippen LogP contribution in [0.1, 0.15) is 6.42 Å². The van der Waals surface area contributed by atoms with Gasteiger partial charge in [-0.05, 0) is 36.4 Å². The van der Waals surface area contributed by atoms with Crippen molar-refractivity contribution in [2.24, 2.45) is 0 Å². The normalized spacial score (nSPS) is 14.2. The van der Waals surface area contributed by atoms with Crippen molar-refractivity contribution in [2.45, 2.75) is 13.0 Å². The van der Waals surface area contributed by atoms with Gasteiger partial charge in [-0.3, -0.25) is 9.59 Å². The second-order valence-corrected chi connectivity index (χ2v) is 6.95. The van der Waals surface area contributed by atoms with E-state index in [2.05, 4.69) is 15.2 Å². The van der Waals surface area contributed by atoms with Crippen LogP contribution >= 0.6 is 0 Å². The number of piperazine rings is 1. The van der Waals surface area contributed by atoms with Gasteiger partial charge < -0.3 is 14.5 Å². The van der Waals surface area contributed by atoms with Crippen LogP contribution in [0.25, 0.3) is 10.9 Å². The standard InChI is InChI=1S/C21H23N5O3/c1-29-17-8-6-16(7-9-17)24-12-14-25(15-13-24)20(27)10-11-26-21(28)18-4-2-3-5-19(18)22-23-26/h2-9H,10-15H2,1H3. The van der Waals surface area contributed by atoms with Crippen LogP contribution in [0.4, 0.5) is 5.69 Å². The molecule has 1 aliphatic heterocycles. The van der Waals surface area contributed by atoms with Crippen LogP contribution in [-0.2, 0) is 11.3 Å². The Bertz CT molecular complexity index is 1060. The minimum absolute atomic E-state index is 0.0289. The van der Waals surface area contributed by atoms with Gasteiger partial charge in [-0.15, -0.1) is 5.10 Å². The van der Waals surface area contributed by atoms with E-state index in [1.165, 1.54) is 4.68 Å². The number of aromatic nitrogens is 3. The first-order valence-corrected chi connectivity index (χ1v) is 9.65. The van der Waals surface area contributed by atoms with Gasteiger partial charge in [0, 0.05) is 38.3 Å². The lowest BCUT2D eigenvalue weighted by atomic mass is 10.2. The fourth-order valence-corrected chi connectivity index (χ4v) is 3.54. The molecule has 29 heavy (non-hydrogen) atoms. The van der Waals surface area contributed by atoms with E-state index in [1.54, 1.807) is 25.3 Å². The van der Waals surface area contributed by atoms with Crippen molar-refractivity contribution in [3.8, 4) is 5.75 Å². The van der Waals surface area contributed by atoms with Gasteiger partial charge in [0.2, 0.25) is 5.91 Å². The Kier molecular flexibility index (Phi) is 5.41. The third-order valence-electron chi connectivity index (χ3n) is 5.24. The number of hydrogen-bond donors (Lipinski definition) is 0. The molecule has 2 aromatic carbocycles. The first-order valence-electron chi connectivity index (χ1n) is 9.65. The smallest absolute Gasteiger partial charge is 0.277 e. The fraction of sp³-hybridized carbons (Fsp3) is 0.333. The molecule has 1 fully saturated rings. The lowest BCUT2D eigenvalue weighted by Gasteiger charge is -2.36. The van der Waals surface area contributed by atoms with Gasteiger partial charge in [-0.25, -0.2) is 4.68 Å². The molecule has 0 aliphatic carbocycles. The lowest BCUT2D eigenvalue weighted by Crippen LogP contribution is -2.49. The molecule has 8 heteroatoms. The van der Waals surface area contributed by atoms with Gasteiger partial charge >= 0.3 is 0 Å². The predicted molar refractivity (Wildman–Crippen MR) is 110 cm³/mol. The van der Waals surface area contributed by atoms with Gasteiger partial charge in [0.25, 0.3) is 5.56 Å². The minimum atomic E-state index is -0.215. The summed E-state index contributed by atoms with van der Waals surface area (Å²) in [6, 6.07) is 15.0. The maximum atomic E-state index is 12.6. The Balaban J connectivity index is 1.33. The van der Waals surface area contributed by atoms with Crippen molar-refractivity contribution in [3.05, 3.63) is 58.9 Å². The SMILES string of the molecule is COc1ccc(N2CCN(C(=O)CCn3nnc4ccccc4c3=O)CC2)cc1. The van der Waals surface area contributed by atoms with E-state index in [0.717, 1.165) is 24.5 Å². The molecule has 0 unspecified atom stereocenters. The highest BCUT2D eigenvalue weighted by Crippen LogP contribution is 2.20. The molecular formula is C21H23N5O3. The van der Waals surface area contributed by atoms with Crippen molar-refractivity contribution in [1.82, 2.24) is 19.9 Å². The van der Waals surface area contributed by atoms with Crippen LogP contribution in [0.5, 0.6) is 5.75 Å². The van der Waals surface area contributed by atoms with E-state index >= 15 is 0 Å². The summed E-state index contributed by atoms with van der Waals surface area (Å²) >= 11 is 0. The van der Waals surface area contributed by atoms with Crippen molar-refractivity contribution in [3.63, 3.8) is 0 Å². The van der Waals surface area contributed by atoms with Gasteiger partial charge in [0.05, 0.1) is 19.0 Å². The molecule has 0 N–H and O–H groups in total. The summed E-state index contributed by atoms with van der Waals surface area (Å²) in [6.45, 7) is 3.09. The van der Waals surface area contributed by atoms with Crippen LogP contribution in [0.3, 0.4) is 0 Å². The number of nitrogens with zero attached hydrogens (tertiary/aromatic N) is 5. The molecule has 1 aromatic heterocycles. The number of carbonyl (C=O) groups excluding carboxylic acids is 1. The summed E-state index contributed by atoms with van der Waals surface area (Å²) in [5.74, 6) is 0.857. The zero-order valence-corrected chi connectivity index (χ0v) is 16.3. The summed E-state index contributed by atoms with van der Waals surface area (Å²) in [4.78, 5) is 29.2. The second kappa shape index (κ2) is 8.30. The zero-order valence-electron chi connectivity index (χ0n) is 16.3.